The molecule has 1 aromatic carbocycles. The molecule has 2 rings (SSSR count). The molecule has 0 spiro atoms. The van der Waals surface area contributed by atoms with Gasteiger partial charge in [-0.1, -0.05) is 17.7 Å². The Morgan fingerprint density at radius 2 is 1.96 bits per heavy atom. The molecule has 0 fully saturated rings. The van der Waals surface area contributed by atoms with Gasteiger partial charge in [-0.2, -0.15) is 0 Å². The van der Waals surface area contributed by atoms with Crippen LogP contribution in [0.15, 0.2) is 43.0 Å². The number of esters is 1. The Morgan fingerprint density at radius 3 is 2.62 bits per heavy atom. The van der Waals surface area contributed by atoms with Crippen LogP contribution in [-0.4, -0.2) is 53.1 Å². The number of amides is 1. The molecule has 0 aliphatic heterocycles. The van der Waals surface area contributed by atoms with Gasteiger partial charge in [0.2, 0.25) is 0 Å². The first-order valence-corrected chi connectivity index (χ1v) is 8.58. The topological polar surface area (TPSA) is 73.7 Å². The van der Waals surface area contributed by atoms with E-state index in [0.717, 1.165) is 18.5 Å². The van der Waals surface area contributed by atoms with Crippen molar-refractivity contribution in [1.82, 2.24) is 14.5 Å². The average Bonchev–Trinajstić information content (AvgIpc) is 3.16. The van der Waals surface area contributed by atoms with Crippen LogP contribution in [-0.2, 0) is 20.9 Å². The fourth-order valence-corrected chi connectivity index (χ4v) is 2.42. The van der Waals surface area contributed by atoms with Crippen LogP contribution in [0.5, 0.6) is 5.75 Å². The summed E-state index contributed by atoms with van der Waals surface area (Å²) < 4.78 is 12.2. The maximum absolute atomic E-state index is 12.5. The first-order chi connectivity index (χ1) is 12.6. The molecule has 1 amide bonds. The molecule has 2 aromatic rings. The normalized spacial score (nSPS) is 10.4. The monoisotopic (exact) mass is 359 g/mol. The fraction of sp³-hybridized carbons (Fsp3) is 0.421. The summed E-state index contributed by atoms with van der Waals surface area (Å²) in [4.78, 5) is 29.6. The third-order valence-electron chi connectivity index (χ3n) is 3.95. The minimum absolute atomic E-state index is 0.0602. The lowest BCUT2D eigenvalue weighted by atomic mass is 10.2. The Bertz CT molecular complexity index is 683. The molecule has 0 saturated heterocycles. The molecule has 0 N–H and O–H groups in total. The summed E-state index contributed by atoms with van der Waals surface area (Å²) in [6.07, 6.45) is 6.25. The zero-order valence-corrected chi connectivity index (χ0v) is 15.3. The van der Waals surface area contributed by atoms with Crippen molar-refractivity contribution >= 4 is 11.9 Å². The molecule has 0 bridgehead atoms. The van der Waals surface area contributed by atoms with Gasteiger partial charge >= 0.3 is 5.97 Å². The Balaban J connectivity index is 1.86. The number of rotatable bonds is 10. The summed E-state index contributed by atoms with van der Waals surface area (Å²) in [7, 11) is 1.34. The van der Waals surface area contributed by atoms with E-state index in [4.69, 9.17) is 4.74 Å². The van der Waals surface area contributed by atoms with E-state index in [2.05, 4.69) is 9.72 Å². The van der Waals surface area contributed by atoms with Crippen molar-refractivity contribution in [3.63, 3.8) is 0 Å². The summed E-state index contributed by atoms with van der Waals surface area (Å²) in [6, 6.07) is 7.53. The molecule has 0 radical (unpaired) electrons. The smallest absolute Gasteiger partial charge is 0.307 e. The van der Waals surface area contributed by atoms with Crippen molar-refractivity contribution in [1.29, 1.82) is 0 Å². The van der Waals surface area contributed by atoms with Crippen molar-refractivity contribution < 1.29 is 19.1 Å². The van der Waals surface area contributed by atoms with E-state index in [0.29, 0.717) is 18.8 Å². The highest BCUT2D eigenvalue weighted by molar-refractivity contribution is 5.78. The van der Waals surface area contributed by atoms with Crippen LogP contribution in [0.25, 0.3) is 0 Å². The van der Waals surface area contributed by atoms with Crippen LogP contribution in [0, 0.1) is 6.92 Å². The Labute approximate surface area is 153 Å². The van der Waals surface area contributed by atoms with Gasteiger partial charge in [0.05, 0.1) is 19.9 Å². The number of aryl methyl sites for hydroxylation is 2. The fourth-order valence-electron chi connectivity index (χ4n) is 2.42. The van der Waals surface area contributed by atoms with Gasteiger partial charge in [-0.15, -0.1) is 0 Å². The van der Waals surface area contributed by atoms with E-state index in [1.807, 2.05) is 42.0 Å². The summed E-state index contributed by atoms with van der Waals surface area (Å²) >= 11 is 0. The number of methoxy groups -OCH3 is 1. The SMILES string of the molecule is COC(=O)CCN(CCCn1ccnc1)C(=O)COc1ccc(C)cc1. The Hall–Kier alpha value is -2.83. The van der Waals surface area contributed by atoms with Gasteiger partial charge < -0.3 is 18.9 Å². The highest BCUT2D eigenvalue weighted by atomic mass is 16.5. The summed E-state index contributed by atoms with van der Waals surface area (Å²) in [5.74, 6) is 0.159. The molecule has 0 saturated carbocycles. The van der Waals surface area contributed by atoms with Gasteiger partial charge in [0.15, 0.2) is 6.61 Å². The number of hydrogen-bond acceptors (Lipinski definition) is 5. The van der Waals surface area contributed by atoms with Gasteiger partial charge in [-0.05, 0) is 25.5 Å². The molecular formula is C19H25N3O4. The van der Waals surface area contributed by atoms with Gasteiger partial charge in [0.25, 0.3) is 5.91 Å². The number of imidazole rings is 1. The van der Waals surface area contributed by atoms with E-state index >= 15 is 0 Å². The van der Waals surface area contributed by atoms with Gasteiger partial charge in [0.1, 0.15) is 5.75 Å². The number of aromatic nitrogens is 2. The minimum atomic E-state index is -0.336. The summed E-state index contributed by atoms with van der Waals surface area (Å²) in [6.45, 7) is 3.53. The van der Waals surface area contributed by atoms with Gasteiger partial charge in [-0.25, -0.2) is 4.98 Å². The van der Waals surface area contributed by atoms with Crippen LogP contribution in [0.1, 0.15) is 18.4 Å². The first-order valence-electron chi connectivity index (χ1n) is 8.58. The molecule has 1 aromatic heterocycles. The van der Waals surface area contributed by atoms with E-state index in [9.17, 15) is 9.59 Å². The number of nitrogens with zero attached hydrogens (tertiary/aromatic N) is 3. The molecule has 7 nitrogen and oxygen atoms in total. The van der Waals surface area contributed by atoms with E-state index in [1.165, 1.54) is 7.11 Å². The third kappa shape index (κ3) is 6.58. The quantitative estimate of drug-likeness (QED) is 0.607. The van der Waals surface area contributed by atoms with Crippen molar-refractivity contribution in [2.75, 3.05) is 26.8 Å². The highest BCUT2D eigenvalue weighted by Crippen LogP contribution is 2.11. The van der Waals surface area contributed by atoms with Crippen LogP contribution in [0.4, 0.5) is 0 Å². The maximum Gasteiger partial charge on any atom is 0.307 e. The van der Waals surface area contributed by atoms with Gasteiger partial charge in [-0.3, -0.25) is 9.59 Å². The molecular weight excluding hydrogens is 334 g/mol. The molecule has 0 atom stereocenters. The van der Waals surface area contributed by atoms with Crippen LogP contribution in [0.2, 0.25) is 0 Å². The number of carbonyl (C=O) groups excluding carboxylic acids is 2. The molecule has 1 heterocycles. The molecule has 140 valence electrons. The number of hydrogen-bond donors (Lipinski definition) is 0. The lowest BCUT2D eigenvalue weighted by Gasteiger charge is -2.22. The molecule has 0 aliphatic rings. The zero-order valence-electron chi connectivity index (χ0n) is 15.3. The summed E-state index contributed by atoms with van der Waals surface area (Å²) in [5.41, 5.74) is 1.13. The lowest BCUT2D eigenvalue weighted by Crippen LogP contribution is -2.37. The number of benzene rings is 1. The van der Waals surface area contributed by atoms with Crippen molar-refractivity contribution in [2.45, 2.75) is 26.3 Å². The van der Waals surface area contributed by atoms with Crippen LogP contribution < -0.4 is 4.74 Å². The molecule has 0 unspecified atom stereocenters. The largest absolute Gasteiger partial charge is 0.484 e. The molecule has 7 heteroatoms. The summed E-state index contributed by atoms with van der Waals surface area (Å²) in [5, 5.41) is 0. The predicted molar refractivity (Wildman–Crippen MR) is 96.7 cm³/mol. The second-order valence-corrected chi connectivity index (χ2v) is 5.96. The van der Waals surface area contributed by atoms with Crippen molar-refractivity contribution in [2.24, 2.45) is 0 Å². The molecule has 26 heavy (non-hydrogen) atoms. The van der Waals surface area contributed by atoms with Gasteiger partial charge in [0, 0.05) is 32.0 Å². The molecule has 0 aliphatic carbocycles. The standard InChI is InChI=1S/C19H25N3O4/c1-16-4-6-17(7-5-16)26-14-18(23)22(12-8-19(24)25-2)11-3-10-21-13-9-20-15-21/h4-7,9,13,15H,3,8,10-12,14H2,1-2H3. The lowest BCUT2D eigenvalue weighted by molar-refractivity contribution is -0.142. The first kappa shape index (κ1) is 19.5. The number of carbonyl (C=O) groups is 2. The minimum Gasteiger partial charge on any atom is -0.484 e. The van der Waals surface area contributed by atoms with Crippen molar-refractivity contribution in [3.05, 3.63) is 48.5 Å². The van der Waals surface area contributed by atoms with Crippen LogP contribution >= 0.6 is 0 Å². The average molecular weight is 359 g/mol. The highest BCUT2D eigenvalue weighted by Gasteiger charge is 2.16. The Kier molecular flexibility index (Phi) is 7.67. The van der Waals surface area contributed by atoms with E-state index < -0.39 is 0 Å². The zero-order chi connectivity index (χ0) is 18.8. The van der Waals surface area contributed by atoms with Crippen LogP contribution in [0.3, 0.4) is 0 Å². The van der Waals surface area contributed by atoms with Crippen molar-refractivity contribution in [3.8, 4) is 5.75 Å². The second kappa shape index (κ2) is 10.2. The Morgan fingerprint density at radius 1 is 1.19 bits per heavy atom. The van der Waals surface area contributed by atoms with E-state index in [-0.39, 0.29) is 24.9 Å². The van der Waals surface area contributed by atoms with E-state index in [1.54, 1.807) is 17.4 Å². The number of ether oxygens (including phenoxy) is 2. The predicted octanol–water partition coefficient (Wildman–Crippen LogP) is 2.05. The maximum atomic E-state index is 12.5. The third-order valence-corrected chi connectivity index (χ3v) is 3.95. The second-order valence-electron chi connectivity index (χ2n) is 5.96.